The van der Waals surface area contributed by atoms with Crippen LogP contribution in [0.1, 0.15) is 20.3 Å². The van der Waals surface area contributed by atoms with Gasteiger partial charge < -0.3 is 15.0 Å². The molecule has 1 fully saturated rings. The van der Waals surface area contributed by atoms with Crippen LogP contribution in [0.25, 0.3) is 0 Å². The number of likely N-dealkylation sites (tertiary alicyclic amines) is 1. The Balaban J connectivity index is 2.16. The third-order valence-corrected chi connectivity index (χ3v) is 3.72. The molecule has 1 aliphatic rings. The SMILES string of the molecule is CCOc1ccc(NC2CC(C)N(C)C2)c([N+](=O)[O-])c1. The summed E-state index contributed by atoms with van der Waals surface area (Å²) >= 11 is 0. The molecule has 1 N–H and O–H groups in total. The smallest absolute Gasteiger partial charge is 0.296 e. The Morgan fingerprint density at radius 1 is 1.55 bits per heavy atom. The van der Waals surface area contributed by atoms with Crippen molar-refractivity contribution in [2.24, 2.45) is 0 Å². The first-order valence-electron chi connectivity index (χ1n) is 6.89. The molecule has 2 atom stereocenters. The molecule has 1 aliphatic heterocycles. The predicted octanol–water partition coefficient (Wildman–Crippen LogP) is 2.50. The summed E-state index contributed by atoms with van der Waals surface area (Å²) in [6.45, 7) is 5.41. The molecule has 0 spiro atoms. The maximum Gasteiger partial charge on any atom is 0.296 e. The lowest BCUT2D eigenvalue weighted by molar-refractivity contribution is -0.384. The number of benzene rings is 1. The van der Waals surface area contributed by atoms with E-state index in [0.29, 0.717) is 24.1 Å². The molecule has 2 rings (SSSR count). The third kappa shape index (κ3) is 3.19. The minimum absolute atomic E-state index is 0.0677. The lowest BCUT2D eigenvalue weighted by atomic mass is 10.1. The molecule has 0 aromatic heterocycles. The molecule has 20 heavy (non-hydrogen) atoms. The van der Waals surface area contributed by atoms with Crippen LogP contribution >= 0.6 is 0 Å². The lowest BCUT2D eigenvalue weighted by Gasteiger charge is -2.15. The Morgan fingerprint density at radius 2 is 2.30 bits per heavy atom. The molecule has 1 aromatic carbocycles. The molecular weight excluding hydrogens is 258 g/mol. The normalized spacial score (nSPS) is 22.8. The average Bonchev–Trinajstić information content (AvgIpc) is 2.70. The van der Waals surface area contributed by atoms with E-state index < -0.39 is 0 Å². The molecule has 110 valence electrons. The lowest BCUT2D eigenvalue weighted by Crippen LogP contribution is -2.25. The maximum atomic E-state index is 11.2. The highest BCUT2D eigenvalue weighted by atomic mass is 16.6. The van der Waals surface area contributed by atoms with Crippen molar-refractivity contribution >= 4 is 11.4 Å². The Hall–Kier alpha value is -1.82. The van der Waals surface area contributed by atoms with Gasteiger partial charge in [0.15, 0.2) is 0 Å². The van der Waals surface area contributed by atoms with Crippen molar-refractivity contribution in [1.29, 1.82) is 0 Å². The number of ether oxygens (including phenoxy) is 1. The van der Waals surface area contributed by atoms with E-state index in [4.69, 9.17) is 4.74 Å². The van der Waals surface area contributed by atoms with Crippen LogP contribution in [0.3, 0.4) is 0 Å². The van der Waals surface area contributed by atoms with Crippen LogP contribution in [-0.2, 0) is 0 Å². The second kappa shape index (κ2) is 6.09. The molecule has 6 nitrogen and oxygen atoms in total. The van der Waals surface area contributed by atoms with Gasteiger partial charge in [-0.1, -0.05) is 0 Å². The quantitative estimate of drug-likeness (QED) is 0.662. The Morgan fingerprint density at radius 3 is 2.85 bits per heavy atom. The number of hydrogen-bond acceptors (Lipinski definition) is 5. The number of anilines is 1. The van der Waals surface area contributed by atoms with E-state index in [1.54, 1.807) is 12.1 Å². The summed E-state index contributed by atoms with van der Waals surface area (Å²) in [6.07, 6.45) is 0.987. The fraction of sp³-hybridized carbons (Fsp3) is 0.571. The molecule has 1 saturated heterocycles. The van der Waals surface area contributed by atoms with Gasteiger partial charge in [0.2, 0.25) is 0 Å². The van der Waals surface area contributed by atoms with Gasteiger partial charge in [-0.15, -0.1) is 0 Å². The van der Waals surface area contributed by atoms with Gasteiger partial charge in [0.1, 0.15) is 11.4 Å². The van der Waals surface area contributed by atoms with Crippen molar-refractivity contribution < 1.29 is 9.66 Å². The molecule has 0 bridgehead atoms. The highest BCUT2D eigenvalue weighted by molar-refractivity contribution is 5.64. The minimum atomic E-state index is -0.368. The summed E-state index contributed by atoms with van der Waals surface area (Å²) in [5, 5.41) is 14.5. The standard InChI is InChI=1S/C14H21N3O3/c1-4-20-12-5-6-13(14(8-12)17(18)19)15-11-7-10(2)16(3)9-11/h5-6,8,10-11,15H,4,7,9H2,1-3H3. The molecular formula is C14H21N3O3. The fourth-order valence-corrected chi connectivity index (χ4v) is 2.56. The summed E-state index contributed by atoms with van der Waals surface area (Å²) in [5.41, 5.74) is 0.629. The molecule has 1 aromatic rings. The van der Waals surface area contributed by atoms with Gasteiger partial charge in [0.05, 0.1) is 17.6 Å². The second-order valence-electron chi connectivity index (χ2n) is 5.23. The zero-order valence-corrected chi connectivity index (χ0v) is 12.1. The van der Waals surface area contributed by atoms with Crippen molar-refractivity contribution in [2.75, 3.05) is 25.5 Å². The van der Waals surface area contributed by atoms with Gasteiger partial charge in [-0.25, -0.2) is 0 Å². The summed E-state index contributed by atoms with van der Waals surface area (Å²) in [6, 6.07) is 5.71. The van der Waals surface area contributed by atoms with Crippen molar-refractivity contribution in [3.05, 3.63) is 28.3 Å². The summed E-state index contributed by atoms with van der Waals surface area (Å²) < 4.78 is 5.32. The highest BCUT2D eigenvalue weighted by Gasteiger charge is 2.27. The first kappa shape index (κ1) is 14.6. The number of nitrogens with zero attached hydrogens (tertiary/aromatic N) is 2. The minimum Gasteiger partial charge on any atom is -0.494 e. The zero-order valence-electron chi connectivity index (χ0n) is 12.1. The number of hydrogen-bond donors (Lipinski definition) is 1. The predicted molar refractivity (Wildman–Crippen MR) is 78.4 cm³/mol. The first-order valence-corrected chi connectivity index (χ1v) is 6.89. The van der Waals surface area contributed by atoms with E-state index >= 15 is 0 Å². The van der Waals surface area contributed by atoms with E-state index in [1.165, 1.54) is 6.07 Å². The van der Waals surface area contributed by atoms with Crippen LogP contribution in [0.15, 0.2) is 18.2 Å². The zero-order chi connectivity index (χ0) is 14.7. The summed E-state index contributed by atoms with van der Waals surface area (Å²) in [7, 11) is 2.07. The van der Waals surface area contributed by atoms with E-state index in [-0.39, 0.29) is 16.7 Å². The number of likely N-dealkylation sites (N-methyl/N-ethyl adjacent to an activating group) is 1. The average molecular weight is 279 g/mol. The van der Waals surface area contributed by atoms with Crippen molar-refractivity contribution in [1.82, 2.24) is 4.90 Å². The molecule has 1 heterocycles. The second-order valence-corrected chi connectivity index (χ2v) is 5.23. The van der Waals surface area contributed by atoms with Crippen LogP contribution in [0.4, 0.5) is 11.4 Å². The molecule has 0 saturated carbocycles. The molecule has 0 amide bonds. The van der Waals surface area contributed by atoms with Crippen LogP contribution in [0, 0.1) is 10.1 Å². The Bertz CT molecular complexity index is 483. The number of nitro groups is 1. The van der Waals surface area contributed by atoms with E-state index in [2.05, 4.69) is 24.2 Å². The third-order valence-electron chi connectivity index (χ3n) is 3.72. The topological polar surface area (TPSA) is 67.6 Å². The Labute approximate surface area is 118 Å². The van der Waals surface area contributed by atoms with Gasteiger partial charge >= 0.3 is 0 Å². The van der Waals surface area contributed by atoms with Crippen LogP contribution in [0.2, 0.25) is 0 Å². The number of nitrogens with one attached hydrogen (secondary N) is 1. The summed E-state index contributed by atoms with van der Waals surface area (Å²) in [4.78, 5) is 13.1. The van der Waals surface area contributed by atoms with Crippen molar-refractivity contribution in [3.8, 4) is 5.75 Å². The van der Waals surface area contributed by atoms with E-state index in [1.807, 2.05) is 6.92 Å². The van der Waals surface area contributed by atoms with Gasteiger partial charge in [-0.3, -0.25) is 10.1 Å². The molecule has 0 radical (unpaired) electrons. The molecule has 0 aliphatic carbocycles. The van der Waals surface area contributed by atoms with Gasteiger partial charge in [-0.2, -0.15) is 0 Å². The highest BCUT2D eigenvalue weighted by Crippen LogP contribution is 2.31. The first-order chi connectivity index (χ1) is 9.51. The number of rotatable bonds is 5. The van der Waals surface area contributed by atoms with E-state index in [9.17, 15) is 10.1 Å². The van der Waals surface area contributed by atoms with Gasteiger partial charge in [0.25, 0.3) is 5.69 Å². The Kier molecular flexibility index (Phi) is 4.44. The van der Waals surface area contributed by atoms with Gasteiger partial charge in [-0.05, 0) is 39.4 Å². The van der Waals surface area contributed by atoms with Crippen molar-refractivity contribution in [3.63, 3.8) is 0 Å². The molecule has 2 unspecified atom stereocenters. The van der Waals surface area contributed by atoms with E-state index in [0.717, 1.165) is 13.0 Å². The maximum absolute atomic E-state index is 11.2. The van der Waals surface area contributed by atoms with Gasteiger partial charge in [0, 0.05) is 18.6 Å². The van der Waals surface area contributed by atoms with Crippen LogP contribution < -0.4 is 10.1 Å². The molecule has 6 heteroatoms. The largest absolute Gasteiger partial charge is 0.494 e. The van der Waals surface area contributed by atoms with Crippen LogP contribution in [-0.4, -0.2) is 42.1 Å². The fourth-order valence-electron chi connectivity index (χ4n) is 2.56. The monoisotopic (exact) mass is 279 g/mol. The number of nitro benzene ring substituents is 1. The summed E-state index contributed by atoms with van der Waals surface area (Å²) in [5.74, 6) is 0.529. The van der Waals surface area contributed by atoms with Crippen LogP contribution in [0.5, 0.6) is 5.75 Å². The van der Waals surface area contributed by atoms with Crippen molar-refractivity contribution in [2.45, 2.75) is 32.4 Å².